The van der Waals surface area contributed by atoms with Gasteiger partial charge in [-0.15, -0.1) is 0 Å². The lowest BCUT2D eigenvalue weighted by Crippen LogP contribution is -2.34. The number of anilines is 1. The smallest absolute Gasteiger partial charge is 0.338 e. The van der Waals surface area contributed by atoms with Gasteiger partial charge in [-0.2, -0.15) is 0 Å². The lowest BCUT2D eigenvalue weighted by atomic mass is 9.98. The van der Waals surface area contributed by atoms with E-state index in [9.17, 15) is 9.59 Å². The fourth-order valence-corrected chi connectivity index (χ4v) is 3.82. The molecule has 162 valence electrons. The lowest BCUT2D eigenvalue weighted by Gasteiger charge is -2.21. The van der Waals surface area contributed by atoms with Crippen LogP contribution in [0.1, 0.15) is 52.8 Å². The molecule has 0 spiro atoms. The van der Waals surface area contributed by atoms with Gasteiger partial charge in [-0.1, -0.05) is 6.42 Å². The van der Waals surface area contributed by atoms with Crippen molar-refractivity contribution in [2.24, 2.45) is 0 Å². The monoisotopic (exact) mass is 440 g/mol. The Labute approximate surface area is 186 Å². The van der Waals surface area contributed by atoms with Crippen LogP contribution in [0.4, 0.5) is 5.69 Å². The van der Waals surface area contributed by atoms with E-state index in [0.717, 1.165) is 25.7 Å². The molecule has 8 heteroatoms. The first-order chi connectivity index (χ1) is 15.1. The second kappa shape index (κ2) is 9.78. The average molecular weight is 441 g/mol. The van der Waals surface area contributed by atoms with Crippen LogP contribution >= 0.6 is 12.2 Å². The van der Waals surface area contributed by atoms with E-state index in [1.165, 1.54) is 6.42 Å². The zero-order valence-electron chi connectivity index (χ0n) is 17.0. The van der Waals surface area contributed by atoms with Crippen molar-refractivity contribution in [3.63, 3.8) is 0 Å². The zero-order chi connectivity index (χ0) is 21.6. The van der Waals surface area contributed by atoms with Crippen molar-refractivity contribution in [2.45, 2.75) is 38.2 Å². The number of rotatable bonds is 4. The van der Waals surface area contributed by atoms with Crippen molar-refractivity contribution in [1.29, 1.82) is 0 Å². The lowest BCUT2D eigenvalue weighted by molar-refractivity contribution is 0.0211. The first-order valence-electron chi connectivity index (χ1n) is 10.4. The molecule has 0 aromatic heterocycles. The Balaban J connectivity index is 1.30. The third kappa shape index (κ3) is 5.52. The molecule has 4 rings (SSSR count). The molecule has 0 bridgehead atoms. The van der Waals surface area contributed by atoms with Gasteiger partial charge in [0.15, 0.2) is 16.6 Å². The summed E-state index contributed by atoms with van der Waals surface area (Å²) in [6, 6.07) is 11.8. The van der Waals surface area contributed by atoms with Crippen LogP contribution in [0.3, 0.4) is 0 Å². The largest absolute Gasteiger partial charge is 0.486 e. The van der Waals surface area contributed by atoms with E-state index in [1.54, 1.807) is 42.5 Å². The van der Waals surface area contributed by atoms with Gasteiger partial charge >= 0.3 is 5.97 Å². The summed E-state index contributed by atoms with van der Waals surface area (Å²) >= 11 is 5.24. The predicted octanol–water partition coefficient (Wildman–Crippen LogP) is 4.07. The van der Waals surface area contributed by atoms with Gasteiger partial charge < -0.3 is 19.5 Å². The maximum absolute atomic E-state index is 12.5. The minimum atomic E-state index is -0.359. The van der Waals surface area contributed by atoms with Crippen LogP contribution in [-0.2, 0) is 4.74 Å². The molecule has 2 aromatic carbocycles. The second-order valence-electron chi connectivity index (χ2n) is 7.51. The molecule has 1 fully saturated rings. The Morgan fingerprint density at radius 1 is 0.903 bits per heavy atom. The normalized spacial score (nSPS) is 15.6. The Bertz CT molecular complexity index is 970. The Morgan fingerprint density at radius 3 is 2.32 bits per heavy atom. The van der Waals surface area contributed by atoms with E-state index in [4.69, 9.17) is 26.4 Å². The molecule has 0 saturated heterocycles. The van der Waals surface area contributed by atoms with Gasteiger partial charge in [0, 0.05) is 11.3 Å². The van der Waals surface area contributed by atoms with Gasteiger partial charge in [-0.3, -0.25) is 10.1 Å². The maximum Gasteiger partial charge on any atom is 0.338 e. The number of carbonyl (C=O) groups excluding carboxylic acids is 2. The van der Waals surface area contributed by atoms with Crippen LogP contribution in [0.15, 0.2) is 42.5 Å². The summed E-state index contributed by atoms with van der Waals surface area (Å²) in [4.78, 5) is 24.8. The standard InChI is InChI=1S/C23H24N2O5S/c26-21(16-8-11-19-20(14-16)29-13-12-28-19)25-23(31)24-17-9-6-15(7-10-17)22(27)30-18-4-2-1-3-5-18/h6-11,14,18H,1-5,12-13H2,(H2,24,25,26,31). The maximum atomic E-state index is 12.5. The summed E-state index contributed by atoms with van der Waals surface area (Å²) in [5, 5.41) is 5.73. The molecule has 1 amide bonds. The van der Waals surface area contributed by atoms with Crippen molar-refractivity contribution in [1.82, 2.24) is 5.32 Å². The van der Waals surface area contributed by atoms with Gasteiger partial charge in [0.2, 0.25) is 0 Å². The number of fused-ring (bicyclic) bond motifs is 1. The first-order valence-corrected chi connectivity index (χ1v) is 10.8. The molecule has 0 unspecified atom stereocenters. The van der Waals surface area contributed by atoms with Crippen molar-refractivity contribution in [2.75, 3.05) is 18.5 Å². The van der Waals surface area contributed by atoms with Crippen LogP contribution in [0.5, 0.6) is 11.5 Å². The van der Waals surface area contributed by atoms with Crippen LogP contribution in [0, 0.1) is 0 Å². The van der Waals surface area contributed by atoms with Crippen molar-refractivity contribution in [3.8, 4) is 11.5 Å². The topological polar surface area (TPSA) is 85.9 Å². The highest BCUT2D eigenvalue weighted by Gasteiger charge is 2.19. The number of ether oxygens (including phenoxy) is 3. The predicted molar refractivity (Wildman–Crippen MR) is 120 cm³/mol. The summed E-state index contributed by atoms with van der Waals surface area (Å²) in [7, 11) is 0. The zero-order valence-corrected chi connectivity index (χ0v) is 17.8. The van der Waals surface area contributed by atoms with E-state index in [-0.39, 0.29) is 23.1 Å². The van der Waals surface area contributed by atoms with Crippen LogP contribution in [0.25, 0.3) is 0 Å². The minimum Gasteiger partial charge on any atom is -0.486 e. The number of carbonyl (C=O) groups is 2. The second-order valence-corrected chi connectivity index (χ2v) is 7.92. The highest BCUT2D eigenvalue weighted by molar-refractivity contribution is 7.80. The number of esters is 1. The number of thiocarbonyl (C=S) groups is 1. The molecule has 31 heavy (non-hydrogen) atoms. The third-order valence-corrected chi connectivity index (χ3v) is 5.44. The molecule has 1 heterocycles. The molecule has 1 aliphatic heterocycles. The molecule has 0 atom stereocenters. The Kier molecular flexibility index (Phi) is 6.66. The fraction of sp³-hybridized carbons (Fsp3) is 0.348. The minimum absolute atomic E-state index is 0.0161. The summed E-state index contributed by atoms with van der Waals surface area (Å²) in [6.45, 7) is 0.936. The van der Waals surface area contributed by atoms with Crippen LogP contribution < -0.4 is 20.1 Å². The van der Waals surface area contributed by atoms with Gasteiger partial charge in [0.25, 0.3) is 5.91 Å². The van der Waals surface area contributed by atoms with Crippen molar-refractivity contribution < 1.29 is 23.8 Å². The molecule has 7 nitrogen and oxygen atoms in total. The summed E-state index contributed by atoms with van der Waals surface area (Å²) in [5.74, 6) is 0.481. The molecule has 2 N–H and O–H groups in total. The molecule has 2 aromatic rings. The Hall–Kier alpha value is -3.13. The number of nitrogens with one attached hydrogen (secondary N) is 2. The van der Waals surface area contributed by atoms with E-state index in [2.05, 4.69) is 10.6 Å². The average Bonchev–Trinajstić information content (AvgIpc) is 2.79. The highest BCUT2D eigenvalue weighted by Crippen LogP contribution is 2.30. The number of benzene rings is 2. The summed E-state index contributed by atoms with van der Waals surface area (Å²) in [6.07, 6.45) is 5.31. The summed E-state index contributed by atoms with van der Waals surface area (Å²) in [5.41, 5.74) is 1.55. The quantitative estimate of drug-likeness (QED) is 0.547. The molecule has 1 aliphatic carbocycles. The molecule has 1 saturated carbocycles. The number of hydrogen-bond acceptors (Lipinski definition) is 6. The number of amides is 1. The number of hydrogen-bond donors (Lipinski definition) is 2. The summed E-state index contributed by atoms with van der Waals surface area (Å²) < 4.78 is 16.5. The van der Waals surface area contributed by atoms with E-state index in [0.29, 0.717) is 41.5 Å². The van der Waals surface area contributed by atoms with Crippen molar-refractivity contribution in [3.05, 3.63) is 53.6 Å². The first kappa shape index (κ1) is 21.1. The molecular weight excluding hydrogens is 416 g/mol. The third-order valence-electron chi connectivity index (χ3n) is 5.24. The SMILES string of the molecule is O=C(NC(=S)Nc1ccc(C(=O)OC2CCCCC2)cc1)c1ccc2c(c1)OCCO2. The van der Waals surface area contributed by atoms with Gasteiger partial charge in [0.1, 0.15) is 19.3 Å². The van der Waals surface area contributed by atoms with Gasteiger partial charge in [-0.05, 0) is 80.4 Å². The fourth-order valence-electron chi connectivity index (χ4n) is 3.61. The van der Waals surface area contributed by atoms with E-state index < -0.39 is 0 Å². The molecule has 0 radical (unpaired) electrons. The van der Waals surface area contributed by atoms with Crippen molar-refractivity contribution >= 4 is 34.9 Å². The van der Waals surface area contributed by atoms with Gasteiger partial charge in [-0.25, -0.2) is 4.79 Å². The van der Waals surface area contributed by atoms with E-state index >= 15 is 0 Å². The van der Waals surface area contributed by atoms with E-state index in [1.807, 2.05) is 0 Å². The molecular formula is C23H24N2O5S. The highest BCUT2D eigenvalue weighted by atomic mass is 32.1. The van der Waals surface area contributed by atoms with Gasteiger partial charge in [0.05, 0.1) is 5.56 Å². The Morgan fingerprint density at radius 2 is 1.58 bits per heavy atom. The van der Waals surface area contributed by atoms with Crippen LogP contribution in [0.2, 0.25) is 0 Å². The molecule has 2 aliphatic rings. The van der Waals surface area contributed by atoms with Crippen LogP contribution in [-0.4, -0.2) is 36.3 Å².